The Morgan fingerprint density at radius 2 is 1.67 bits per heavy atom. The van der Waals surface area contributed by atoms with Crippen molar-refractivity contribution in [2.75, 3.05) is 13.7 Å². The third-order valence-corrected chi connectivity index (χ3v) is 5.07. The molecule has 1 aliphatic rings. The van der Waals surface area contributed by atoms with E-state index in [2.05, 4.69) is 0 Å². The van der Waals surface area contributed by atoms with Crippen LogP contribution in [0.1, 0.15) is 17.5 Å². The molecule has 1 aliphatic heterocycles. The minimum atomic E-state index is -0.988. The van der Waals surface area contributed by atoms with Crippen LogP contribution in [0.3, 0.4) is 0 Å². The van der Waals surface area contributed by atoms with Crippen molar-refractivity contribution in [2.45, 2.75) is 31.8 Å². The van der Waals surface area contributed by atoms with E-state index in [0.29, 0.717) is 11.3 Å². The number of amides is 1. The molecule has 0 N–H and O–H groups in total. The lowest BCUT2D eigenvalue weighted by Gasteiger charge is -2.22. The van der Waals surface area contributed by atoms with Crippen molar-refractivity contribution in [1.29, 1.82) is 0 Å². The van der Waals surface area contributed by atoms with Crippen molar-refractivity contribution >= 4 is 24.2 Å². The van der Waals surface area contributed by atoms with E-state index in [1.54, 1.807) is 31.4 Å². The average Bonchev–Trinajstić information content (AvgIpc) is 3.26. The zero-order chi connectivity index (χ0) is 23.8. The van der Waals surface area contributed by atoms with Gasteiger partial charge in [0, 0.05) is 18.6 Å². The molecule has 0 spiro atoms. The standard InChI is InChI=1S/C22H22N2O9/c1-30-18-8-4-16(5-9-18)12-31-21(26)20-10-19(33-14-25)11-23(20)22(27)32-13-15-2-6-17(7-3-15)24(28)29/h2-9,14,19-20H,10-13H2,1H3/t19?,20-/m1/s1. The number of nitro benzene ring substituents is 1. The fourth-order valence-electron chi connectivity index (χ4n) is 3.31. The van der Waals surface area contributed by atoms with Gasteiger partial charge in [-0.2, -0.15) is 0 Å². The molecule has 3 rings (SSSR count). The van der Waals surface area contributed by atoms with Gasteiger partial charge in [0.05, 0.1) is 18.6 Å². The van der Waals surface area contributed by atoms with Gasteiger partial charge in [-0.3, -0.25) is 19.8 Å². The van der Waals surface area contributed by atoms with Crippen LogP contribution in [0.25, 0.3) is 0 Å². The molecular weight excluding hydrogens is 436 g/mol. The molecule has 33 heavy (non-hydrogen) atoms. The molecule has 2 atom stereocenters. The van der Waals surface area contributed by atoms with Gasteiger partial charge in [0.1, 0.15) is 31.1 Å². The zero-order valence-electron chi connectivity index (χ0n) is 17.7. The second-order valence-corrected chi connectivity index (χ2v) is 7.19. The number of carbonyl (C=O) groups is 3. The van der Waals surface area contributed by atoms with Gasteiger partial charge < -0.3 is 18.9 Å². The smallest absolute Gasteiger partial charge is 0.410 e. The predicted octanol–water partition coefficient (Wildman–Crippen LogP) is 2.60. The van der Waals surface area contributed by atoms with Crippen molar-refractivity contribution in [2.24, 2.45) is 0 Å². The monoisotopic (exact) mass is 458 g/mol. The van der Waals surface area contributed by atoms with Gasteiger partial charge in [-0.05, 0) is 35.4 Å². The Labute approximate surface area is 188 Å². The van der Waals surface area contributed by atoms with Crippen molar-refractivity contribution in [3.63, 3.8) is 0 Å². The molecule has 0 aromatic heterocycles. The summed E-state index contributed by atoms with van der Waals surface area (Å²) in [6, 6.07) is 11.5. The number of nitro groups is 1. The molecule has 1 fully saturated rings. The Balaban J connectivity index is 1.60. The van der Waals surface area contributed by atoms with Crippen molar-refractivity contribution in [3.8, 4) is 5.75 Å². The van der Waals surface area contributed by atoms with Gasteiger partial charge in [-0.15, -0.1) is 0 Å². The number of ether oxygens (including phenoxy) is 4. The number of hydrogen-bond acceptors (Lipinski definition) is 9. The lowest BCUT2D eigenvalue weighted by Crippen LogP contribution is -2.41. The molecule has 2 aromatic rings. The molecule has 0 bridgehead atoms. The summed E-state index contributed by atoms with van der Waals surface area (Å²) in [7, 11) is 1.54. The highest BCUT2D eigenvalue weighted by molar-refractivity contribution is 5.82. The maximum absolute atomic E-state index is 12.7. The summed E-state index contributed by atoms with van der Waals surface area (Å²) < 4.78 is 20.6. The van der Waals surface area contributed by atoms with Crippen LogP contribution in [0.15, 0.2) is 48.5 Å². The van der Waals surface area contributed by atoms with E-state index < -0.39 is 29.1 Å². The Morgan fingerprint density at radius 1 is 1.06 bits per heavy atom. The minimum Gasteiger partial charge on any atom is -0.497 e. The molecule has 11 nitrogen and oxygen atoms in total. The van der Waals surface area contributed by atoms with Gasteiger partial charge >= 0.3 is 12.1 Å². The lowest BCUT2D eigenvalue weighted by atomic mass is 10.2. The number of rotatable bonds is 9. The summed E-state index contributed by atoms with van der Waals surface area (Å²) in [6.45, 7) is 0.0701. The van der Waals surface area contributed by atoms with Gasteiger partial charge in [0.2, 0.25) is 0 Å². The molecular formula is C22H22N2O9. The van der Waals surface area contributed by atoms with Gasteiger partial charge in [-0.1, -0.05) is 12.1 Å². The first-order valence-corrected chi connectivity index (χ1v) is 9.96. The lowest BCUT2D eigenvalue weighted by molar-refractivity contribution is -0.384. The van der Waals surface area contributed by atoms with E-state index >= 15 is 0 Å². The second kappa shape index (κ2) is 10.9. The van der Waals surface area contributed by atoms with E-state index in [1.165, 1.54) is 24.3 Å². The maximum Gasteiger partial charge on any atom is 0.410 e. The number of hydrogen-bond donors (Lipinski definition) is 0. The topological polar surface area (TPSA) is 135 Å². The Kier molecular flexibility index (Phi) is 7.79. The third-order valence-electron chi connectivity index (χ3n) is 5.07. The van der Waals surface area contributed by atoms with Crippen LogP contribution in [0, 0.1) is 10.1 Å². The first-order valence-electron chi connectivity index (χ1n) is 9.96. The predicted molar refractivity (Wildman–Crippen MR) is 112 cm³/mol. The van der Waals surface area contributed by atoms with Crippen LogP contribution < -0.4 is 4.74 Å². The zero-order valence-corrected chi connectivity index (χ0v) is 17.7. The summed E-state index contributed by atoms with van der Waals surface area (Å²) in [4.78, 5) is 47.4. The van der Waals surface area contributed by atoms with E-state index in [1.807, 2.05) is 0 Å². The van der Waals surface area contributed by atoms with Gasteiger partial charge in [0.25, 0.3) is 12.2 Å². The summed E-state index contributed by atoms with van der Waals surface area (Å²) >= 11 is 0. The molecule has 0 radical (unpaired) electrons. The maximum atomic E-state index is 12.7. The van der Waals surface area contributed by atoms with E-state index in [-0.39, 0.29) is 38.3 Å². The third kappa shape index (κ3) is 6.19. The van der Waals surface area contributed by atoms with Gasteiger partial charge in [-0.25, -0.2) is 9.59 Å². The van der Waals surface area contributed by atoms with E-state index in [4.69, 9.17) is 18.9 Å². The van der Waals surface area contributed by atoms with Crippen molar-refractivity contribution in [3.05, 3.63) is 69.8 Å². The second-order valence-electron chi connectivity index (χ2n) is 7.19. The summed E-state index contributed by atoms with van der Waals surface area (Å²) in [5, 5.41) is 10.7. The number of likely N-dealkylation sites (tertiary alicyclic amines) is 1. The Hall–Kier alpha value is -4.15. The number of non-ortho nitro benzene ring substituents is 1. The summed E-state index contributed by atoms with van der Waals surface area (Å²) in [5.41, 5.74) is 1.18. The van der Waals surface area contributed by atoms with Crippen molar-refractivity contribution in [1.82, 2.24) is 4.90 Å². The average molecular weight is 458 g/mol. The van der Waals surface area contributed by atoms with Crippen LogP contribution >= 0.6 is 0 Å². The van der Waals surface area contributed by atoms with E-state index in [0.717, 1.165) is 10.5 Å². The minimum absolute atomic E-state index is 0.00971. The first kappa shape index (κ1) is 23.5. The number of nitrogens with zero attached hydrogens (tertiary/aromatic N) is 2. The molecule has 1 amide bonds. The fraction of sp³-hybridized carbons (Fsp3) is 0.318. The highest BCUT2D eigenvalue weighted by Gasteiger charge is 2.42. The molecule has 0 aliphatic carbocycles. The Morgan fingerprint density at radius 3 is 2.24 bits per heavy atom. The van der Waals surface area contributed by atoms with Crippen LogP contribution in [-0.4, -0.2) is 54.2 Å². The van der Waals surface area contributed by atoms with Crippen LogP contribution in [-0.2, 0) is 37.0 Å². The Bertz CT molecular complexity index is 992. The van der Waals surface area contributed by atoms with Crippen LogP contribution in [0.2, 0.25) is 0 Å². The molecule has 1 unspecified atom stereocenters. The molecule has 0 saturated carbocycles. The normalized spacial score (nSPS) is 17.2. The SMILES string of the molecule is COc1ccc(COC(=O)[C@H]2CC(OC=O)CN2C(=O)OCc2ccc([N+](=O)[O-])cc2)cc1. The van der Waals surface area contributed by atoms with Crippen molar-refractivity contribution < 1.29 is 38.3 Å². The van der Waals surface area contributed by atoms with Gasteiger partial charge in [0.15, 0.2) is 0 Å². The highest BCUT2D eigenvalue weighted by atomic mass is 16.6. The first-order chi connectivity index (χ1) is 15.9. The molecule has 1 saturated heterocycles. The van der Waals surface area contributed by atoms with E-state index in [9.17, 15) is 24.5 Å². The largest absolute Gasteiger partial charge is 0.497 e. The number of benzene rings is 2. The molecule has 2 aromatic carbocycles. The molecule has 1 heterocycles. The number of carbonyl (C=O) groups excluding carboxylic acids is 3. The number of esters is 1. The molecule has 11 heteroatoms. The summed E-state index contributed by atoms with van der Waals surface area (Å²) in [6.07, 6.45) is -1.39. The van der Waals surface area contributed by atoms with Crippen LogP contribution in [0.5, 0.6) is 5.75 Å². The highest BCUT2D eigenvalue weighted by Crippen LogP contribution is 2.23. The quantitative estimate of drug-likeness (QED) is 0.183. The fourth-order valence-corrected chi connectivity index (χ4v) is 3.31. The molecule has 174 valence electrons. The van der Waals surface area contributed by atoms with Crippen LogP contribution in [0.4, 0.5) is 10.5 Å². The number of methoxy groups -OCH3 is 1. The summed E-state index contributed by atoms with van der Waals surface area (Å²) in [5.74, 6) is 0.00627.